The molecule has 1 heterocycles. The van der Waals surface area contributed by atoms with Gasteiger partial charge in [0.1, 0.15) is 0 Å². The molecular formula is C10H9NS. The summed E-state index contributed by atoms with van der Waals surface area (Å²) in [6.45, 7) is 0. The Morgan fingerprint density at radius 1 is 1.33 bits per heavy atom. The maximum atomic E-state index is 8.83. The van der Waals surface area contributed by atoms with E-state index >= 15 is 0 Å². The van der Waals surface area contributed by atoms with Gasteiger partial charge in [-0.3, -0.25) is 0 Å². The molecule has 1 aromatic rings. The van der Waals surface area contributed by atoms with Crippen LogP contribution in [0.2, 0.25) is 0 Å². The monoisotopic (exact) mass is 175 g/mol. The number of hydrogen-bond acceptors (Lipinski definition) is 2. The minimum atomic E-state index is 0.630. The number of hydrogen-bond donors (Lipinski definition) is 0. The number of nitrogens with zero attached hydrogens (tertiary/aromatic N) is 1. The van der Waals surface area contributed by atoms with E-state index in [9.17, 15) is 0 Å². The molecule has 60 valence electrons. The molecule has 1 nitrogen and oxygen atoms in total. The van der Waals surface area contributed by atoms with E-state index in [1.807, 2.05) is 30.0 Å². The van der Waals surface area contributed by atoms with E-state index in [-0.39, 0.29) is 0 Å². The average Bonchev–Trinajstić information content (AvgIpc) is 2.02. The van der Waals surface area contributed by atoms with Crippen LogP contribution < -0.4 is 0 Å². The molecule has 2 heteroatoms. The first kappa shape index (κ1) is 7.70. The van der Waals surface area contributed by atoms with Gasteiger partial charge in [0.05, 0.1) is 11.6 Å². The summed E-state index contributed by atoms with van der Waals surface area (Å²) in [4.78, 5) is 0. The molecular weight excluding hydrogens is 166 g/mol. The van der Waals surface area contributed by atoms with E-state index in [1.54, 1.807) is 0 Å². The maximum Gasteiger partial charge on any atom is 0.0994 e. The molecule has 0 N–H and O–H groups in total. The molecule has 1 fully saturated rings. The largest absolute Gasteiger partial charge is 0.192 e. The predicted octanol–water partition coefficient (Wildman–Crippen LogP) is 2.39. The van der Waals surface area contributed by atoms with Crippen molar-refractivity contribution in [2.45, 2.75) is 5.92 Å². The van der Waals surface area contributed by atoms with Crippen LogP contribution in [-0.4, -0.2) is 11.5 Å². The first-order valence-electron chi connectivity index (χ1n) is 3.98. The lowest BCUT2D eigenvalue weighted by molar-refractivity contribution is 0.846. The Morgan fingerprint density at radius 2 is 2.08 bits per heavy atom. The van der Waals surface area contributed by atoms with Gasteiger partial charge in [-0.25, -0.2) is 0 Å². The predicted molar refractivity (Wildman–Crippen MR) is 51.2 cm³/mol. The fraction of sp³-hybridized carbons (Fsp3) is 0.300. The van der Waals surface area contributed by atoms with Gasteiger partial charge in [-0.1, -0.05) is 18.2 Å². The van der Waals surface area contributed by atoms with Crippen LogP contribution in [0.25, 0.3) is 0 Å². The normalized spacial score (nSPS) is 16.6. The van der Waals surface area contributed by atoms with E-state index < -0.39 is 0 Å². The molecule has 1 aromatic carbocycles. The maximum absolute atomic E-state index is 8.83. The van der Waals surface area contributed by atoms with Gasteiger partial charge >= 0.3 is 0 Å². The lowest BCUT2D eigenvalue weighted by atomic mass is 9.97. The van der Waals surface area contributed by atoms with Crippen LogP contribution in [0.1, 0.15) is 17.0 Å². The zero-order valence-corrected chi connectivity index (χ0v) is 7.47. The lowest BCUT2D eigenvalue weighted by Gasteiger charge is -2.25. The Hall–Kier alpha value is -0.940. The molecule has 0 aromatic heterocycles. The molecule has 0 unspecified atom stereocenters. The van der Waals surface area contributed by atoms with Crippen LogP contribution in [0.3, 0.4) is 0 Å². The Morgan fingerprint density at radius 3 is 2.67 bits per heavy atom. The van der Waals surface area contributed by atoms with Gasteiger partial charge in [0.25, 0.3) is 0 Å². The van der Waals surface area contributed by atoms with Gasteiger partial charge in [-0.15, -0.1) is 0 Å². The van der Waals surface area contributed by atoms with E-state index in [2.05, 4.69) is 12.1 Å². The highest BCUT2D eigenvalue weighted by molar-refractivity contribution is 8.00. The molecule has 0 amide bonds. The highest BCUT2D eigenvalue weighted by Gasteiger charge is 2.22. The number of benzene rings is 1. The number of rotatable bonds is 1. The molecule has 0 aliphatic carbocycles. The molecule has 1 aliphatic rings. The quantitative estimate of drug-likeness (QED) is 0.654. The Balaban J connectivity index is 2.35. The minimum Gasteiger partial charge on any atom is -0.192 e. The van der Waals surface area contributed by atoms with Crippen molar-refractivity contribution in [1.82, 2.24) is 0 Å². The van der Waals surface area contributed by atoms with Crippen molar-refractivity contribution in [3.8, 4) is 6.07 Å². The van der Waals surface area contributed by atoms with Crippen LogP contribution in [0.5, 0.6) is 0 Å². The van der Waals surface area contributed by atoms with Crippen molar-refractivity contribution in [1.29, 1.82) is 5.26 Å². The third-order valence-corrected chi connectivity index (χ3v) is 3.44. The standard InChI is InChI=1S/C10H9NS/c11-5-8-3-1-2-4-10(8)9-6-12-7-9/h1-4,9H,6-7H2. The second-order valence-electron chi connectivity index (χ2n) is 2.93. The number of thioether (sulfide) groups is 1. The van der Waals surface area contributed by atoms with Crippen LogP contribution >= 0.6 is 11.8 Å². The van der Waals surface area contributed by atoms with E-state index in [0.29, 0.717) is 5.92 Å². The summed E-state index contributed by atoms with van der Waals surface area (Å²) < 4.78 is 0. The summed E-state index contributed by atoms with van der Waals surface area (Å²) in [5, 5.41) is 8.83. The van der Waals surface area contributed by atoms with Gasteiger partial charge in [-0.2, -0.15) is 17.0 Å². The van der Waals surface area contributed by atoms with E-state index in [1.165, 1.54) is 17.1 Å². The summed E-state index contributed by atoms with van der Waals surface area (Å²) in [6, 6.07) is 10.1. The molecule has 1 saturated heterocycles. The summed E-state index contributed by atoms with van der Waals surface area (Å²) in [5.41, 5.74) is 2.08. The first-order valence-corrected chi connectivity index (χ1v) is 5.14. The van der Waals surface area contributed by atoms with Gasteiger partial charge < -0.3 is 0 Å². The third kappa shape index (κ3) is 1.21. The Labute approximate surface area is 76.4 Å². The fourth-order valence-corrected chi connectivity index (χ4v) is 2.20. The smallest absolute Gasteiger partial charge is 0.0994 e. The van der Waals surface area contributed by atoms with Crippen molar-refractivity contribution in [2.75, 3.05) is 11.5 Å². The van der Waals surface area contributed by atoms with E-state index in [4.69, 9.17) is 5.26 Å². The molecule has 0 atom stereocenters. The first-order chi connectivity index (χ1) is 5.92. The zero-order valence-electron chi connectivity index (χ0n) is 6.66. The van der Waals surface area contributed by atoms with Gasteiger partial charge in [0.15, 0.2) is 0 Å². The lowest BCUT2D eigenvalue weighted by Crippen LogP contribution is -2.16. The highest BCUT2D eigenvalue weighted by Crippen LogP contribution is 2.35. The van der Waals surface area contributed by atoms with Crippen LogP contribution in [-0.2, 0) is 0 Å². The molecule has 0 bridgehead atoms. The highest BCUT2D eigenvalue weighted by atomic mass is 32.2. The Bertz CT molecular complexity index is 323. The average molecular weight is 175 g/mol. The summed E-state index contributed by atoms with van der Waals surface area (Å²) >= 11 is 1.95. The van der Waals surface area contributed by atoms with Crippen molar-refractivity contribution in [2.24, 2.45) is 0 Å². The zero-order chi connectivity index (χ0) is 8.39. The van der Waals surface area contributed by atoms with Crippen molar-refractivity contribution >= 4 is 11.8 Å². The van der Waals surface area contributed by atoms with Gasteiger partial charge in [-0.05, 0) is 11.6 Å². The summed E-state index contributed by atoms with van der Waals surface area (Å²) in [5.74, 6) is 2.99. The van der Waals surface area contributed by atoms with Crippen molar-refractivity contribution in [3.05, 3.63) is 35.4 Å². The van der Waals surface area contributed by atoms with Crippen LogP contribution in [0.15, 0.2) is 24.3 Å². The molecule has 0 saturated carbocycles. The molecule has 0 spiro atoms. The molecule has 2 rings (SSSR count). The summed E-state index contributed by atoms with van der Waals surface area (Å²) in [6.07, 6.45) is 0. The minimum absolute atomic E-state index is 0.630. The Kier molecular flexibility index (Phi) is 2.05. The van der Waals surface area contributed by atoms with Crippen LogP contribution in [0.4, 0.5) is 0 Å². The number of nitriles is 1. The third-order valence-electron chi connectivity index (χ3n) is 2.16. The van der Waals surface area contributed by atoms with Gasteiger partial charge in [0.2, 0.25) is 0 Å². The molecule has 12 heavy (non-hydrogen) atoms. The van der Waals surface area contributed by atoms with Crippen molar-refractivity contribution in [3.63, 3.8) is 0 Å². The second-order valence-corrected chi connectivity index (χ2v) is 4.01. The fourth-order valence-electron chi connectivity index (χ4n) is 1.37. The second kappa shape index (κ2) is 3.20. The van der Waals surface area contributed by atoms with Gasteiger partial charge in [0, 0.05) is 17.4 Å². The SMILES string of the molecule is N#Cc1ccccc1C1CSC1. The topological polar surface area (TPSA) is 23.8 Å². The molecule has 0 radical (unpaired) electrons. The van der Waals surface area contributed by atoms with Crippen LogP contribution in [0, 0.1) is 11.3 Å². The van der Waals surface area contributed by atoms with E-state index in [0.717, 1.165) is 5.56 Å². The van der Waals surface area contributed by atoms with Crippen molar-refractivity contribution < 1.29 is 0 Å². The molecule has 1 aliphatic heterocycles. The summed E-state index contributed by atoms with van der Waals surface area (Å²) in [7, 11) is 0.